The molecule has 1 nitrogen and oxygen atoms in total. The zero-order valence-corrected chi connectivity index (χ0v) is 11.2. The number of hydrogen-bond donors (Lipinski definition) is 1. The largest absolute Gasteiger partial charge is 0.314 e. The average molecular weight is 231 g/mol. The van der Waals surface area contributed by atoms with E-state index in [0.717, 1.165) is 19.4 Å². The molecule has 0 amide bonds. The third kappa shape index (κ3) is 5.69. The first-order valence-corrected chi connectivity index (χ1v) is 6.66. The quantitative estimate of drug-likeness (QED) is 0.670. The van der Waals surface area contributed by atoms with Crippen molar-refractivity contribution in [2.24, 2.45) is 0 Å². The summed E-state index contributed by atoms with van der Waals surface area (Å²) in [6, 6.07) is 9.43. The van der Waals surface area contributed by atoms with Crippen molar-refractivity contribution < 1.29 is 0 Å². The normalized spacial score (nSPS) is 12.4. The Morgan fingerprint density at radius 3 is 2.59 bits per heavy atom. The molecule has 1 N–H and O–H groups in total. The summed E-state index contributed by atoms with van der Waals surface area (Å²) in [5.74, 6) is 0. The number of nitrogens with one attached hydrogen (secondary N) is 1. The van der Waals surface area contributed by atoms with Crippen LogP contribution in [0.5, 0.6) is 0 Å². The fourth-order valence-electron chi connectivity index (χ4n) is 1.95. The fraction of sp³-hybridized carbons (Fsp3) is 0.500. The highest BCUT2D eigenvalue weighted by molar-refractivity contribution is 5.21. The molecule has 0 heterocycles. The van der Waals surface area contributed by atoms with E-state index in [9.17, 15) is 0 Å². The molecule has 0 fully saturated rings. The molecule has 0 saturated carbocycles. The van der Waals surface area contributed by atoms with Crippen LogP contribution in [-0.2, 0) is 6.42 Å². The van der Waals surface area contributed by atoms with E-state index in [1.807, 2.05) is 6.08 Å². The molecule has 1 heteroatoms. The Labute approximate surface area is 106 Å². The topological polar surface area (TPSA) is 12.0 Å². The Bertz CT molecular complexity index is 313. The van der Waals surface area contributed by atoms with Gasteiger partial charge in [-0.3, -0.25) is 0 Å². The summed E-state index contributed by atoms with van der Waals surface area (Å²) in [4.78, 5) is 0. The zero-order valence-electron chi connectivity index (χ0n) is 11.2. The molecular formula is C16H25N. The Balaban J connectivity index is 2.39. The number of rotatable bonds is 8. The summed E-state index contributed by atoms with van der Waals surface area (Å²) < 4.78 is 0. The van der Waals surface area contributed by atoms with Gasteiger partial charge in [0.1, 0.15) is 0 Å². The average Bonchev–Trinajstić information content (AvgIpc) is 2.35. The predicted octanol–water partition coefficient (Wildman–Crippen LogP) is 3.87. The second kappa shape index (κ2) is 8.08. The van der Waals surface area contributed by atoms with E-state index in [-0.39, 0.29) is 0 Å². The molecule has 0 aliphatic carbocycles. The van der Waals surface area contributed by atoms with Crippen LogP contribution < -0.4 is 5.32 Å². The van der Waals surface area contributed by atoms with Crippen molar-refractivity contribution in [1.29, 1.82) is 0 Å². The van der Waals surface area contributed by atoms with Gasteiger partial charge in [0, 0.05) is 6.04 Å². The van der Waals surface area contributed by atoms with E-state index in [2.05, 4.69) is 50.0 Å². The van der Waals surface area contributed by atoms with Crippen molar-refractivity contribution in [1.82, 2.24) is 5.32 Å². The molecule has 1 aromatic rings. The summed E-state index contributed by atoms with van der Waals surface area (Å²) in [5, 5.41) is 3.58. The minimum Gasteiger partial charge on any atom is -0.314 e. The van der Waals surface area contributed by atoms with E-state index in [0.29, 0.717) is 6.04 Å². The number of benzene rings is 1. The van der Waals surface area contributed by atoms with E-state index >= 15 is 0 Å². The first-order valence-electron chi connectivity index (χ1n) is 6.66. The SMILES string of the molecule is C=CCC(CCc1ccc(C)cc1)NCCC. The van der Waals surface area contributed by atoms with E-state index < -0.39 is 0 Å². The van der Waals surface area contributed by atoms with Crippen LogP contribution in [0.3, 0.4) is 0 Å². The van der Waals surface area contributed by atoms with Gasteiger partial charge in [0.05, 0.1) is 0 Å². The first-order chi connectivity index (χ1) is 8.26. The van der Waals surface area contributed by atoms with Gasteiger partial charge >= 0.3 is 0 Å². The van der Waals surface area contributed by atoms with Gasteiger partial charge in [0.25, 0.3) is 0 Å². The summed E-state index contributed by atoms with van der Waals surface area (Å²) in [5.41, 5.74) is 2.77. The molecule has 0 aliphatic heterocycles. The highest BCUT2D eigenvalue weighted by atomic mass is 14.9. The van der Waals surface area contributed by atoms with Crippen LogP contribution in [-0.4, -0.2) is 12.6 Å². The molecule has 0 aliphatic rings. The van der Waals surface area contributed by atoms with Crippen LogP contribution in [0.4, 0.5) is 0 Å². The van der Waals surface area contributed by atoms with Crippen molar-refractivity contribution in [3.05, 3.63) is 48.0 Å². The lowest BCUT2D eigenvalue weighted by atomic mass is 10.0. The third-order valence-corrected chi connectivity index (χ3v) is 3.04. The summed E-state index contributed by atoms with van der Waals surface area (Å²) in [6.45, 7) is 9.28. The smallest absolute Gasteiger partial charge is 0.0105 e. The fourth-order valence-corrected chi connectivity index (χ4v) is 1.95. The second-order valence-corrected chi connectivity index (χ2v) is 4.70. The molecule has 0 saturated heterocycles. The standard InChI is InChI=1S/C16H25N/c1-4-6-16(17-13-5-2)12-11-15-9-7-14(3)8-10-15/h4,7-10,16-17H,1,5-6,11-13H2,2-3H3. The molecule has 1 rings (SSSR count). The Kier molecular flexibility index (Phi) is 6.64. The molecule has 1 aromatic carbocycles. The minimum atomic E-state index is 0.578. The van der Waals surface area contributed by atoms with Crippen LogP contribution in [0.1, 0.15) is 37.3 Å². The van der Waals surface area contributed by atoms with Crippen molar-refractivity contribution >= 4 is 0 Å². The monoisotopic (exact) mass is 231 g/mol. The Morgan fingerprint density at radius 1 is 1.29 bits per heavy atom. The van der Waals surface area contributed by atoms with Crippen molar-refractivity contribution in [2.75, 3.05) is 6.54 Å². The number of hydrogen-bond acceptors (Lipinski definition) is 1. The number of aryl methyl sites for hydroxylation is 2. The highest BCUT2D eigenvalue weighted by Crippen LogP contribution is 2.09. The third-order valence-electron chi connectivity index (χ3n) is 3.04. The van der Waals surface area contributed by atoms with Crippen LogP contribution in [0.25, 0.3) is 0 Å². The highest BCUT2D eigenvalue weighted by Gasteiger charge is 2.05. The van der Waals surface area contributed by atoms with Gasteiger partial charge in [-0.25, -0.2) is 0 Å². The van der Waals surface area contributed by atoms with Crippen molar-refractivity contribution in [3.63, 3.8) is 0 Å². The molecule has 0 bridgehead atoms. The molecular weight excluding hydrogens is 206 g/mol. The summed E-state index contributed by atoms with van der Waals surface area (Å²) in [7, 11) is 0. The molecule has 1 unspecified atom stereocenters. The Hall–Kier alpha value is -1.08. The predicted molar refractivity (Wildman–Crippen MR) is 76.4 cm³/mol. The van der Waals surface area contributed by atoms with Crippen molar-refractivity contribution in [3.8, 4) is 0 Å². The summed E-state index contributed by atoms with van der Waals surface area (Å²) in [6.07, 6.45) is 6.61. The second-order valence-electron chi connectivity index (χ2n) is 4.70. The lowest BCUT2D eigenvalue weighted by Crippen LogP contribution is -2.29. The van der Waals surface area contributed by atoms with Gasteiger partial charge in [-0.05, 0) is 44.7 Å². The van der Waals surface area contributed by atoms with Crippen LogP contribution >= 0.6 is 0 Å². The van der Waals surface area contributed by atoms with Gasteiger partial charge in [-0.1, -0.05) is 42.8 Å². The first kappa shape index (κ1) is 14.0. The maximum absolute atomic E-state index is 3.84. The molecule has 0 radical (unpaired) electrons. The molecule has 1 atom stereocenters. The van der Waals surface area contributed by atoms with E-state index in [1.54, 1.807) is 0 Å². The van der Waals surface area contributed by atoms with E-state index in [4.69, 9.17) is 0 Å². The molecule has 0 aromatic heterocycles. The minimum absolute atomic E-state index is 0.578. The molecule has 94 valence electrons. The zero-order chi connectivity index (χ0) is 12.5. The summed E-state index contributed by atoms with van der Waals surface area (Å²) >= 11 is 0. The Morgan fingerprint density at radius 2 is 2.00 bits per heavy atom. The van der Waals surface area contributed by atoms with Gasteiger partial charge in [0.2, 0.25) is 0 Å². The van der Waals surface area contributed by atoms with Crippen molar-refractivity contribution in [2.45, 2.75) is 45.6 Å². The maximum atomic E-state index is 3.84. The van der Waals surface area contributed by atoms with Gasteiger partial charge in [-0.2, -0.15) is 0 Å². The van der Waals surface area contributed by atoms with E-state index in [1.165, 1.54) is 24.0 Å². The molecule has 0 spiro atoms. The van der Waals surface area contributed by atoms with Crippen LogP contribution in [0, 0.1) is 6.92 Å². The van der Waals surface area contributed by atoms with Gasteiger partial charge in [-0.15, -0.1) is 6.58 Å². The molecule has 17 heavy (non-hydrogen) atoms. The van der Waals surface area contributed by atoms with Gasteiger partial charge < -0.3 is 5.32 Å². The maximum Gasteiger partial charge on any atom is 0.0105 e. The van der Waals surface area contributed by atoms with Crippen LogP contribution in [0.2, 0.25) is 0 Å². The van der Waals surface area contributed by atoms with Gasteiger partial charge in [0.15, 0.2) is 0 Å². The van der Waals surface area contributed by atoms with Crippen LogP contribution in [0.15, 0.2) is 36.9 Å². The lowest BCUT2D eigenvalue weighted by molar-refractivity contribution is 0.484. The lowest BCUT2D eigenvalue weighted by Gasteiger charge is -2.16.